The number of allylic oxidation sites excluding steroid dienone is 1. The third kappa shape index (κ3) is 8.07. The van der Waals surface area contributed by atoms with Crippen molar-refractivity contribution in [1.29, 1.82) is 5.41 Å². The van der Waals surface area contributed by atoms with Gasteiger partial charge in [-0.3, -0.25) is 19.1 Å². The summed E-state index contributed by atoms with van der Waals surface area (Å²) in [5.74, 6) is -1.27. The number of pyridine rings is 1. The molecule has 1 saturated heterocycles. The molecule has 1 aromatic heterocycles. The molecule has 4 fully saturated rings. The Hall–Kier alpha value is -4.53. The van der Waals surface area contributed by atoms with Crippen LogP contribution < -0.4 is 20.1 Å². The van der Waals surface area contributed by atoms with Gasteiger partial charge in [0, 0.05) is 29.5 Å². The molecule has 1 spiro atoms. The number of fused-ring (bicyclic) bond motifs is 5. The van der Waals surface area contributed by atoms with Gasteiger partial charge in [0.25, 0.3) is 5.91 Å². The molecular weight excluding hydrogens is 773 g/mol. The van der Waals surface area contributed by atoms with Crippen LogP contribution in [0.2, 0.25) is 0 Å². The monoisotopic (exact) mass is 830 g/mol. The Morgan fingerprint density at radius 3 is 2.56 bits per heavy atom. The van der Waals surface area contributed by atoms with Crippen LogP contribution in [0.3, 0.4) is 0 Å². The second kappa shape index (κ2) is 16.2. The smallest absolute Gasteiger partial charge is 0.408 e. The molecular formula is C44H58N6O8S. The standard InChI is InChI=1S/C44H58N6O8S/c1-28-37-33(32-15-10-11-16-34(32)46-28)19-20-43(58-37)25-36-38(51)48-44(40(53)49-59(55,56)42(2)22-23-42)21-18-30(44)14-6-4-3-5-7-17-35(39(52)50(36)27-43)47-41(54)57-31(26-45)24-29-12-8-9-13-29/h6,10-11,14-16,26,29-31,35-36,45H,3-5,7-9,12-13,17-25,27H2,1-2H3,(H,47,54)(H,48,51)(H,49,53)/b14-6-,45-26?/t30-,31+,35+,36+,43-,44-/m1/s1. The van der Waals surface area contributed by atoms with Crippen molar-refractivity contribution < 1.29 is 37.1 Å². The van der Waals surface area contributed by atoms with E-state index in [-0.39, 0.29) is 19.4 Å². The number of hydrogen-bond acceptors (Lipinski definition) is 10. The highest BCUT2D eigenvalue weighted by molar-refractivity contribution is 7.91. The molecule has 3 saturated carbocycles. The zero-order valence-corrected chi connectivity index (χ0v) is 35.0. The lowest BCUT2D eigenvalue weighted by molar-refractivity contribution is -0.144. The summed E-state index contributed by atoms with van der Waals surface area (Å²) in [7, 11) is -4.01. The van der Waals surface area contributed by atoms with Crippen molar-refractivity contribution in [3.63, 3.8) is 0 Å². The lowest BCUT2D eigenvalue weighted by atomic mass is 9.65. The van der Waals surface area contributed by atoms with Crippen LogP contribution in [0.1, 0.15) is 121 Å². The van der Waals surface area contributed by atoms with Gasteiger partial charge >= 0.3 is 6.09 Å². The second-order valence-electron chi connectivity index (χ2n) is 18.2. The fourth-order valence-electron chi connectivity index (χ4n) is 10.1. The molecule has 0 radical (unpaired) electrons. The molecule has 4 N–H and O–H groups in total. The predicted octanol–water partition coefficient (Wildman–Crippen LogP) is 5.68. The number of aryl methyl sites for hydroxylation is 2. The van der Waals surface area contributed by atoms with Gasteiger partial charge in [0.05, 0.1) is 22.5 Å². The lowest BCUT2D eigenvalue weighted by Crippen LogP contribution is -2.70. The van der Waals surface area contributed by atoms with E-state index in [4.69, 9.17) is 19.9 Å². The van der Waals surface area contributed by atoms with Crippen molar-refractivity contribution in [1.82, 2.24) is 25.2 Å². The van der Waals surface area contributed by atoms with Crippen molar-refractivity contribution in [3.8, 4) is 5.75 Å². The number of amides is 4. The Bertz CT molecular complexity index is 2150. The van der Waals surface area contributed by atoms with E-state index in [0.717, 1.165) is 61.2 Å². The third-order valence-electron chi connectivity index (χ3n) is 14.1. The number of ether oxygens (including phenoxy) is 2. The summed E-state index contributed by atoms with van der Waals surface area (Å²) in [6.07, 6.45) is 14.4. The van der Waals surface area contributed by atoms with E-state index in [1.54, 1.807) is 6.92 Å². The second-order valence-corrected chi connectivity index (χ2v) is 20.4. The Kier molecular flexibility index (Phi) is 11.3. The van der Waals surface area contributed by atoms with Gasteiger partial charge in [0.1, 0.15) is 35.1 Å². The van der Waals surface area contributed by atoms with Gasteiger partial charge in [-0.1, -0.05) is 68.9 Å². The minimum atomic E-state index is -4.01. The number of rotatable bonds is 8. The van der Waals surface area contributed by atoms with E-state index < -0.39 is 73.8 Å². The van der Waals surface area contributed by atoms with Gasteiger partial charge in [-0.25, -0.2) is 18.2 Å². The topological polar surface area (TPSA) is 197 Å². The molecule has 14 nitrogen and oxygen atoms in total. The zero-order chi connectivity index (χ0) is 41.6. The van der Waals surface area contributed by atoms with E-state index >= 15 is 0 Å². The van der Waals surface area contributed by atoms with Gasteiger partial charge in [0.2, 0.25) is 21.8 Å². The van der Waals surface area contributed by atoms with E-state index in [9.17, 15) is 27.6 Å². The van der Waals surface area contributed by atoms with Gasteiger partial charge in [-0.15, -0.1) is 0 Å². The maximum absolute atomic E-state index is 15.0. The molecule has 3 aliphatic carbocycles. The van der Waals surface area contributed by atoms with Gasteiger partial charge in [0.15, 0.2) is 0 Å². The minimum Gasteiger partial charge on any atom is -0.483 e. The van der Waals surface area contributed by atoms with Crippen LogP contribution in [-0.4, -0.2) is 89.0 Å². The number of hydrogen-bond donors (Lipinski definition) is 4. The normalized spacial score (nSPS) is 30.5. The number of aromatic nitrogens is 1. The summed E-state index contributed by atoms with van der Waals surface area (Å²) < 4.78 is 40.7. The van der Waals surface area contributed by atoms with Gasteiger partial charge < -0.3 is 30.4 Å². The number of carbonyl (C=O) groups excluding carboxylic acids is 4. The molecule has 3 aliphatic heterocycles. The van der Waals surface area contributed by atoms with Crippen LogP contribution in [0.4, 0.5) is 4.79 Å². The SMILES string of the molecule is Cc1nc2ccccc2c2c1O[C@]1(CC2)C[C@H]2C(=O)N[C@]3(C(=O)NS(=O)(=O)C4(C)CC4)CC[C@H]3/C=C\CCCCC[C@H](NC(=O)O[C@H](C=N)CC3CCCC3)C(=O)N2C1. The number of para-hydroxylation sites is 1. The van der Waals surface area contributed by atoms with E-state index in [2.05, 4.69) is 15.4 Å². The minimum absolute atomic E-state index is 0.0446. The zero-order valence-electron chi connectivity index (χ0n) is 34.2. The maximum atomic E-state index is 15.0. The number of alkyl carbamates (subject to hydrolysis) is 1. The summed E-state index contributed by atoms with van der Waals surface area (Å²) >= 11 is 0. The van der Waals surface area contributed by atoms with Crippen molar-refractivity contribution in [2.24, 2.45) is 11.8 Å². The first-order chi connectivity index (χ1) is 28.3. The Morgan fingerprint density at radius 2 is 1.83 bits per heavy atom. The first-order valence-corrected chi connectivity index (χ1v) is 23.1. The largest absolute Gasteiger partial charge is 0.483 e. The molecule has 4 amide bonds. The number of nitrogens with one attached hydrogen (secondary N) is 4. The first-order valence-electron chi connectivity index (χ1n) is 21.7. The van der Waals surface area contributed by atoms with Crippen molar-refractivity contribution in [3.05, 3.63) is 47.7 Å². The van der Waals surface area contributed by atoms with E-state index in [1.165, 1.54) is 4.90 Å². The highest BCUT2D eigenvalue weighted by Gasteiger charge is 2.59. The van der Waals surface area contributed by atoms with Crippen LogP contribution in [0.15, 0.2) is 36.4 Å². The summed E-state index contributed by atoms with van der Waals surface area (Å²) in [6, 6.07) is 5.74. The fraction of sp³-hybridized carbons (Fsp3) is 0.636. The average Bonchev–Trinajstić information content (AvgIpc) is 3.58. The summed E-state index contributed by atoms with van der Waals surface area (Å²) in [5.41, 5.74) is 0.0461. The fourth-order valence-corrected chi connectivity index (χ4v) is 11.4. The van der Waals surface area contributed by atoms with Crippen LogP contribution in [0.25, 0.3) is 10.9 Å². The van der Waals surface area contributed by atoms with Gasteiger partial charge in [-0.2, -0.15) is 0 Å². The molecule has 4 heterocycles. The van der Waals surface area contributed by atoms with Gasteiger partial charge in [-0.05, 0) is 90.0 Å². The molecule has 6 atom stereocenters. The average molecular weight is 831 g/mol. The molecule has 2 aromatic rings. The van der Waals surface area contributed by atoms with Crippen LogP contribution in [0, 0.1) is 24.2 Å². The number of benzene rings is 1. The predicted molar refractivity (Wildman–Crippen MR) is 221 cm³/mol. The quantitative estimate of drug-likeness (QED) is 0.191. The van der Waals surface area contributed by atoms with E-state index in [1.807, 2.05) is 43.3 Å². The molecule has 8 rings (SSSR count). The molecule has 0 unspecified atom stereocenters. The summed E-state index contributed by atoms with van der Waals surface area (Å²) in [4.78, 5) is 63.9. The molecule has 15 heteroatoms. The van der Waals surface area contributed by atoms with Crippen molar-refractivity contribution >= 4 is 51.0 Å². The maximum Gasteiger partial charge on any atom is 0.408 e. The number of sulfonamides is 1. The lowest BCUT2D eigenvalue weighted by Gasteiger charge is -2.48. The number of carbonyl (C=O) groups is 4. The van der Waals surface area contributed by atoms with Crippen LogP contribution >= 0.6 is 0 Å². The van der Waals surface area contributed by atoms with Crippen molar-refractivity contribution in [2.45, 2.75) is 157 Å². The summed E-state index contributed by atoms with van der Waals surface area (Å²) in [5, 5.41) is 14.8. The summed E-state index contributed by atoms with van der Waals surface area (Å²) in [6.45, 7) is 3.54. The highest BCUT2D eigenvalue weighted by atomic mass is 32.2. The van der Waals surface area contributed by atoms with E-state index in [0.29, 0.717) is 75.1 Å². The molecule has 6 aliphatic rings. The Labute approximate surface area is 346 Å². The highest BCUT2D eigenvalue weighted by Crippen LogP contribution is 2.47. The molecule has 318 valence electrons. The molecule has 0 bridgehead atoms. The Morgan fingerprint density at radius 1 is 1.07 bits per heavy atom. The Balaban J connectivity index is 1.11. The molecule has 1 aromatic carbocycles. The van der Waals surface area contributed by atoms with Crippen LogP contribution in [-0.2, 0) is 35.6 Å². The van der Waals surface area contributed by atoms with Crippen LogP contribution in [0.5, 0.6) is 5.75 Å². The first kappa shape index (κ1) is 41.2. The molecule has 59 heavy (non-hydrogen) atoms. The van der Waals surface area contributed by atoms with Crippen molar-refractivity contribution in [2.75, 3.05) is 6.54 Å². The third-order valence-corrected chi connectivity index (χ3v) is 16.3. The number of nitrogens with zero attached hydrogens (tertiary/aromatic N) is 2.